The third-order valence-corrected chi connectivity index (χ3v) is 6.72. The highest BCUT2D eigenvalue weighted by atomic mass is 32.1. The largest absolute Gasteiger partial charge is 0.310 e. The Bertz CT molecular complexity index is 1690. The van der Waals surface area contributed by atoms with Gasteiger partial charge in [-0.1, -0.05) is 36.4 Å². The van der Waals surface area contributed by atoms with Crippen LogP contribution in [0.2, 0.25) is 0 Å². The molecule has 0 atom stereocenters. The highest BCUT2D eigenvalue weighted by Crippen LogP contribution is 2.40. The zero-order chi connectivity index (χ0) is 20.2. The normalized spacial score (nSPS) is 11.3. The lowest BCUT2D eigenvalue weighted by Crippen LogP contribution is -1.94. The number of thiophene rings is 1. The van der Waals surface area contributed by atoms with Crippen LogP contribution in [0.25, 0.3) is 52.5 Å². The minimum absolute atomic E-state index is 0.470. The number of rotatable bonds is 1. The van der Waals surface area contributed by atoms with Crippen LogP contribution in [-0.2, 0) is 0 Å². The number of para-hydroxylation sites is 1. The van der Waals surface area contributed by atoms with Crippen molar-refractivity contribution in [1.82, 2.24) is 4.57 Å². The monoisotopic (exact) mass is 399 g/mol. The van der Waals surface area contributed by atoms with Crippen molar-refractivity contribution in [2.45, 2.75) is 0 Å². The minimum Gasteiger partial charge on any atom is -0.310 e. The van der Waals surface area contributed by atoms with E-state index in [4.69, 9.17) is 6.57 Å². The van der Waals surface area contributed by atoms with E-state index in [-0.39, 0.29) is 0 Å². The molecular weight excluding hydrogens is 386 g/mol. The van der Waals surface area contributed by atoms with Gasteiger partial charge in [-0.15, -0.1) is 11.3 Å². The van der Waals surface area contributed by atoms with Gasteiger partial charge < -0.3 is 4.57 Å². The molecule has 0 N–H and O–H groups in total. The summed E-state index contributed by atoms with van der Waals surface area (Å²) in [4.78, 5) is 3.58. The van der Waals surface area contributed by atoms with Gasteiger partial charge in [-0.25, -0.2) is 4.85 Å². The van der Waals surface area contributed by atoms with Crippen LogP contribution in [0, 0.1) is 17.9 Å². The number of nitriles is 1. The molecule has 0 amide bonds. The zero-order valence-corrected chi connectivity index (χ0v) is 16.6. The van der Waals surface area contributed by atoms with Gasteiger partial charge in [0.15, 0.2) is 5.69 Å². The van der Waals surface area contributed by atoms with Gasteiger partial charge in [-0.3, -0.25) is 0 Å². The Morgan fingerprint density at radius 3 is 2.40 bits per heavy atom. The second kappa shape index (κ2) is 6.19. The number of benzene rings is 4. The zero-order valence-electron chi connectivity index (χ0n) is 15.8. The molecule has 2 aromatic heterocycles. The molecule has 4 aromatic carbocycles. The van der Waals surface area contributed by atoms with Gasteiger partial charge in [-0.05, 0) is 42.5 Å². The van der Waals surface area contributed by atoms with Gasteiger partial charge in [0.05, 0.1) is 23.7 Å². The van der Waals surface area contributed by atoms with E-state index < -0.39 is 0 Å². The smallest absolute Gasteiger partial charge is 0.190 e. The molecule has 2 heterocycles. The molecule has 0 radical (unpaired) electrons. The summed E-state index contributed by atoms with van der Waals surface area (Å²) in [5, 5.41) is 14.3. The minimum atomic E-state index is 0.470. The SMILES string of the molecule is [C-]#[N+]c1cc(C#N)cc(-n2c3ccccc3c3cc4c(cc32)sc2ccccc24)c1. The fourth-order valence-corrected chi connectivity index (χ4v) is 5.44. The molecule has 6 rings (SSSR count). The Kier molecular flexibility index (Phi) is 3.47. The second-order valence-electron chi connectivity index (χ2n) is 7.28. The first-order valence-corrected chi connectivity index (χ1v) is 10.4. The van der Waals surface area contributed by atoms with Crippen LogP contribution in [0.5, 0.6) is 0 Å². The maximum Gasteiger partial charge on any atom is 0.190 e. The van der Waals surface area contributed by atoms with E-state index in [1.807, 2.05) is 18.2 Å². The van der Waals surface area contributed by atoms with Crippen LogP contribution in [0.3, 0.4) is 0 Å². The molecule has 4 heteroatoms. The van der Waals surface area contributed by atoms with E-state index in [1.165, 1.54) is 25.6 Å². The first kappa shape index (κ1) is 16.8. The third kappa shape index (κ3) is 2.29. The lowest BCUT2D eigenvalue weighted by molar-refractivity contribution is 1.18. The maximum atomic E-state index is 9.47. The van der Waals surface area contributed by atoms with Crippen molar-refractivity contribution in [1.29, 1.82) is 5.26 Å². The van der Waals surface area contributed by atoms with E-state index in [0.717, 1.165) is 22.1 Å². The van der Waals surface area contributed by atoms with E-state index >= 15 is 0 Å². The van der Waals surface area contributed by atoms with Crippen molar-refractivity contribution in [2.24, 2.45) is 0 Å². The summed E-state index contributed by atoms with van der Waals surface area (Å²) in [7, 11) is 0. The van der Waals surface area contributed by atoms with Crippen LogP contribution >= 0.6 is 11.3 Å². The van der Waals surface area contributed by atoms with E-state index in [1.54, 1.807) is 17.4 Å². The quantitative estimate of drug-likeness (QED) is 0.262. The summed E-state index contributed by atoms with van der Waals surface area (Å²) in [5.74, 6) is 0. The molecule has 138 valence electrons. The first-order chi connectivity index (χ1) is 14.8. The molecular formula is C26H13N3S. The van der Waals surface area contributed by atoms with Crippen molar-refractivity contribution >= 4 is 59.0 Å². The van der Waals surface area contributed by atoms with Crippen molar-refractivity contribution in [2.75, 3.05) is 0 Å². The van der Waals surface area contributed by atoms with Gasteiger partial charge in [0, 0.05) is 42.2 Å². The molecule has 0 aliphatic rings. The molecule has 30 heavy (non-hydrogen) atoms. The topological polar surface area (TPSA) is 33.1 Å². The van der Waals surface area contributed by atoms with Gasteiger partial charge in [0.2, 0.25) is 0 Å². The average molecular weight is 399 g/mol. The molecule has 3 nitrogen and oxygen atoms in total. The Morgan fingerprint density at radius 1 is 0.767 bits per heavy atom. The van der Waals surface area contributed by atoms with E-state index in [9.17, 15) is 5.26 Å². The fourth-order valence-electron chi connectivity index (χ4n) is 4.32. The molecule has 0 saturated carbocycles. The lowest BCUT2D eigenvalue weighted by Gasteiger charge is -2.09. The lowest BCUT2D eigenvalue weighted by atomic mass is 10.1. The Labute approximate surface area is 176 Å². The van der Waals surface area contributed by atoms with E-state index in [2.05, 4.69) is 70.1 Å². The number of nitrogens with zero attached hydrogens (tertiary/aromatic N) is 3. The summed E-state index contributed by atoms with van der Waals surface area (Å²) in [6.07, 6.45) is 0. The summed E-state index contributed by atoms with van der Waals surface area (Å²) >= 11 is 1.79. The number of aromatic nitrogens is 1. The van der Waals surface area contributed by atoms with Crippen LogP contribution in [-0.4, -0.2) is 4.57 Å². The number of fused-ring (bicyclic) bond motifs is 6. The molecule has 0 saturated heterocycles. The molecule has 0 aliphatic heterocycles. The van der Waals surface area contributed by atoms with Crippen molar-refractivity contribution in [3.05, 3.63) is 95.8 Å². The van der Waals surface area contributed by atoms with Crippen LogP contribution < -0.4 is 0 Å². The van der Waals surface area contributed by atoms with Crippen LogP contribution in [0.1, 0.15) is 5.56 Å². The summed E-state index contributed by atoms with van der Waals surface area (Å²) in [5.41, 5.74) is 3.96. The molecule has 0 spiro atoms. The fraction of sp³-hybridized carbons (Fsp3) is 0. The first-order valence-electron chi connectivity index (χ1n) is 9.54. The predicted octanol–water partition coefficient (Wildman–Crippen LogP) is 7.57. The van der Waals surface area contributed by atoms with Crippen LogP contribution in [0.4, 0.5) is 5.69 Å². The average Bonchev–Trinajstić information content (AvgIpc) is 3.32. The van der Waals surface area contributed by atoms with Crippen molar-refractivity contribution in [3.8, 4) is 11.8 Å². The summed E-state index contributed by atoms with van der Waals surface area (Å²) in [6, 6.07) is 28.9. The van der Waals surface area contributed by atoms with Gasteiger partial charge in [0.25, 0.3) is 0 Å². The molecule has 0 fully saturated rings. The molecule has 0 unspecified atom stereocenters. The highest BCUT2D eigenvalue weighted by Gasteiger charge is 2.16. The third-order valence-electron chi connectivity index (χ3n) is 5.59. The van der Waals surface area contributed by atoms with Crippen molar-refractivity contribution in [3.63, 3.8) is 0 Å². The predicted molar refractivity (Wildman–Crippen MR) is 125 cm³/mol. The molecule has 6 aromatic rings. The maximum absolute atomic E-state index is 9.47. The number of hydrogen-bond donors (Lipinski definition) is 0. The van der Waals surface area contributed by atoms with E-state index in [0.29, 0.717) is 11.3 Å². The Hall–Kier alpha value is -4.12. The number of hydrogen-bond acceptors (Lipinski definition) is 2. The Morgan fingerprint density at radius 2 is 1.57 bits per heavy atom. The molecule has 0 aliphatic carbocycles. The van der Waals surface area contributed by atoms with Crippen molar-refractivity contribution < 1.29 is 0 Å². The highest BCUT2D eigenvalue weighted by molar-refractivity contribution is 7.25. The standard InChI is InChI=1S/C26H13N3S/c1-28-17-10-16(15-27)11-18(12-17)29-23-8-4-2-6-19(23)21-13-22-20-7-3-5-9-25(20)30-26(22)14-24(21)29/h2-14H. The van der Waals surface area contributed by atoms with Crippen LogP contribution in [0.15, 0.2) is 78.9 Å². The second-order valence-corrected chi connectivity index (χ2v) is 8.36. The summed E-state index contributed by atoms with van der Waals surface area (Å²) < 4.78 is 4.68. The molecule has 0 bridgehead atoms. The van der Waals surface area contributed by atoms with Gasteiger partial charge in [0.1, 0.15) is 0 Å². The van der Waals surface area contributed by atoms with Gasteiger partial charge in [-0.2, -0.15) is 5.26 Å². The van der Waals surface area contributed by atoms with Gasteiger partial charge >= 0.3 is 0 Å². The Balaban J connectivity index is 1.80. The summed E-state index contributed by atoms with van der Waals surface area (Å²) in [6.45, 7) is 7.44.